The van der Waals surface area contributed by atoms with E-state index in [4.69, 9.17) is 0 Å². The zero-order valence-electron chi connectivity index (χ0n) is 16.1. The quantitative estimate of drug-likeness (QED) is 0.740. The van der Waals surface area contributed by atoms with Crippen molar-refractivity contribution in [1.82, 2.24) is 4.90 Å². The number of hydrogen-bond donors (Lipinski definition) is 1. The van der Waals surface area contributed by atoms with Crippen LogP contribution in [-0.2, 0) is 9.59 Å². The standard InChI is InChI=1S/C22H22N2O3S/c1-14(2)17-10-8-16(9-11-17)12-19-21(26)24(22(27)28-19)13-20(25)23-18-7-5-4-6-15(18)3/h4-12,14H,13H2,1-3H3,(H,23,25)/b19-12+. The average Bonchev–Trinajstić information content (AvgIpc) is 2.91. The van der Waals surface area contributed by atoms with Crippen LogP contribution < -0.4 is 5.32 Å². The van der Waals surface area contributed by atoms with Crippen LogP contribution in [0.15, 0.2) is 53.4 Å². The molecule has 1 aliphatic heterocycles. The lowest BCUT2D eigenvalue weighted by Crippen LogP contribution is -2.36. The van der Waals surface area contributed by atoms with Crippen LogP contribution in [0.25, 0.3) is 6.08 Å². The van der Waals surface area contributed by atoms with Gasteiger partial charge in [-0.15, -0.1) is 0 Å². The number of anilines is 1. The summed E-state index contributed by atoms with van der Waals surface area (Å²) < 4.78 is 0. The predicted octanol–water partition coefficient (Wildman–Crippen LogP) is 4.79. The van der Waals surface area contributed by atoms with Crippen LogP contribution in [-0.4, -0.2) is 28.5 Å². The van der Waals surface area contributed by atoms with Gasteiger partial charge in [-0.3, -0.25) is 19.3 Å². The fourth-order valence-electron chi connectivity index (χ4n) is 2.81. The molecule has 1 heterocycles. The Morgan fingerprint density at radius 1 is 1.11 bits per heavy atom. The van der Waals surface area contributed by atoms with Crippen LogP contribution in [0.1, 0.15) is 36.5 Å². The lowest BCUT2D eigenvalue weighted by atomic mass is 10.0. The third kappa shape index (κ3) is 4.51. The molecule has 1 saturated heterocycles. The van der Waals surface area contributed by atoms with E-state index in [1.165, 1.54) is 5.56 Å². The summed E-state index contributed by atoms with van der Waals surface area (Å²) in [6.07, 6.45) is 1.69. The van der Waals surface area contributed by atoms with Gasteiger partial charge in [-0.05, 0) is 53.4 Å². The largest absolute Gasteiger partial charge is 0.324 e. The molecule has 3 rings (SSSR count). The summed E-state index contributed by atoms with van der Waals surface area (Å²) in [5.41, 5.74) is 3.63. The van der Waals surface area contributed by atoms with E-state index in [0.717, 1.165) is 27.8 Å². The first kappa shape index (κ1) is 19.9. The van der Waals surface area contributed by atoms with Crippen molar-refractivity contribution in [3.63, 3.8) is 0 Å². The molecule has 28 heavy (non-hydrogen) atoms. The zero-order chi connectivity index (χ0) is 20.3. The van der Waals surface area contributed by atoms with E-state index in [2.05, 4.69) is 19.2 Å². The van der Waals surface area contributed by atoms with E-state index in [9.17, 15) is 14.4 Å². The van der Waals surface area contributed by atoms with Crippen molar-refractivity contribution in [3.05, 3.63) is 70.1 Å². The van der Waals surface area contributed by atoms with Crippen molar-refractivity contribution in [2.24, 2.45) is 0 Å². The Morgan fingerprint density at radius 2 is 1.79 bits per heavy atom. The predicted molar refractivity (Wildman–Crippen MR) is 113 cm³/mol. The van der Waals surface area contributed by atoms with Gasteiger partial charge in [0, 0.05) is 5.69 Å². The van der Waals surface area contributed by atoms with Gasteiger partial charge in [-0.1, -0.05) is 56.3 Å². The van der Waals surface area contributed by atoms with Gasteiger partial charge in [0.15, 0.2) is 0 Å². The second-order valence-corrected chi connectivity index (χ2v) is 7.95. The van der Waals surface area contributed by atoms with E-state index in [0.29, 0.717) is 16.5 Å². The Morgan fingerprint density at radius 3 is 2.43 bits per heavy atom. The lowest BCUT2D eigenvalue weighted by molar-refractivity contribution is -0.127. The van der Waals surface area contributed by atoms with Gasteiger partial charge < -0.3 is 5.32 Å². The van der Waals surface area contributed by atoms with Crippen molar-refractivity contribution >= 4 is 40.6 Å². The molecular formula is C22H22N2O3S. The molecule has 0 unspecified atom stereocenters. The number of para-hydroxylation sites is 1. The van der Waals surface area contributed by atoms with Crippen molar-refractivity contribution in [2.75, 3.05) is 11.9 Å². The Bertz CT molecular complexity index is 949. The lowest BCUT2D eigenvalue weighted by Gasteiger charge is -2.13. The number of rotatable bonds is 5. The number of nitrogens with zero attached hydrogens (tertiary/aromatic N) is 1. The molecule has 5 nitrogen and oxygen atoms in total. The highest BCUT2D eigenvalue weighted by Gasteiger charge is 2.36. The number of benzene rings is 2. The van der Waals surface area contributed by atoms with E-state index < -0.39 is 17.1 Å². The molecule has 1 aliphatic rings. The highest BCUT2D eigenvalue weighted by Crippen LogP contribution is 2.32. The molecule has 2 aromatic carbocycles. The molecule has 0 aliphatic carbocycles. The van der Waals surface area contributed by atoms with E-state index in [1.54, 1.807) is 12.1 Å². The van der Waals surface area contributed by atoms with Crippen LogP contribution in [0, 0.1) is 6.92 Å². The average molecular weight is 394 g/mol. The molecule has 3 amide bonds. The van der Waals surface area contributed by atoms with E-state index >= 15 is 0 Å². The first-order valence-electron chi connectivity index (χ1n) is 9.06. The molecule has 144 valence electrons. The van der Waals surface area contributed by atoms with Crippen LogP contribution >= 0.6 is 11.8 Å². The summed E-state index contributed by atoms with van der Waals surface area (Å²) in [6, 6.07) is 15.2. The van der Waals surface area contributed by atoms with Crippen LogP contribution in [0.5, 0.6) is 0 Å². The van der Waals surface area contributed by atoms with Crippen LogP contribution in [0.2, 0.25) is 0 Å². The molecule has 0 saturated carbocycles. The van der Waals surface area contributed by atoms with Gasteiger partial charge in [-0.25, -0.2) is 0 Å². The maximum Gasteiger partial charge on any atom is 0.294 e. The van der Waals surface area contributed by atoms with Gasteiger partial charge in [0.05, 0.1) is 4.91 Å². The first-order valence-corrected chi connectivity index (χ1v) is 9.87. The monoisotopic (exact) mass is 394 g/mol. The summed E-state index contributed by atoms with van der Waals surface area (Å²) in [7, 11) is 0. The molecule has 2 aromatic rings. The number of thioether (sulfide) groups is 1. The molecule has 0 bridgehead atoms. The number of aryl methyl sites for hydroxylation is 1. The minimum absolute atomic E-state index is 0.303. The zero-order valence-corrected chi connectivity index (χ0v) is 16.9. The van der Waals surface area contributed by atoms with Crippen molar-refractivity contribution in [1.29, 1.82) is 0 Å². The van der Waals surface area contributed by atoms with E-state index in [1.807, 2.05) is 49.4 Å². The van der Waals surface area contributed by atoms with Gasteiger partial charge in [0.2, 0.25) is 5.91 Å². The molecule has 0 spiro atoms. The van der Waals surface area contributed by atoms with Crippen molar-refractivity contribution < 1.29 is 14.4 Å². The normalized spacial score (nSPS) is 15.6. The van der Waals surface area contributed by atoms with Crippen molar-refractivity contribution in [3.8, 4) is 0 Å². The topological polar surface area (TPSA) is 66.5 Å². The molecule has 0 atom stereocenters. The van der Waals surface area contributed by atoms with Crippen LogP contribution in [0.4, 0.5) is 10.5 Å². The summed E-state index contributed by atoms with van der Waals surface area (Å²) >= 11 is 0.857. The number of carbonyl (C=O) groups excluding carboxylic acids is 3. The Kier molecular flexibility index (Phi) is 5.99. The first-order chi connectivity index (χ1) is 13.3. The number of carbonyl (C=O) groups is 3. The SMILES string of the molecule is Cc1ccccc1NC(=O)CN1C(=O)S/C(=C/c2ccc(C(C)C)cc2)C1=O. The highest BCUT2D eigenvalue weighted by molar-refractivity contribution is 8.18. The third-order valence-electron chi connectivity index (χ3n) is 4.50. The number of hydrogen-bond acceptors (Lipinski definition) is 4. The minimum Gasteiger partial charge on any atom is -0.324 e. The second kappa shape index (κ2) is 8.44. The van der Waals surface area contributed by atoms with Gasteiger partial charge in [0.25, 0.3) is 11.1 Å². The summed E-state index contributed by atoms with van der Waals surface area (Å²) in [5, 5.41) is 2.31. The van der Waals surface area contributed by atoms with Gasteiger partial charge >= 0.3 is 0 Å². The number of nitrogens with one attached hydrogen (secondary N) is 1. The number of amides is 3. The summed E-state index contributed by atoms with van der Waals surface area (Å²) in [5.74, 6) is -0.421. The molecule has 6 heteroatoms. The van der Waals surface area contributed by atoms with Crippen molar-refractivity contribution in [2.45, 2.75) is 26.7 Å². The maximum absolute atomic E-state index is 12.6. The molecule has 0 radical (unpaired) electrons. The molecule has 0 aromatic heterocycles. The molecule has 1 N–H and O–H groups in total. The minimum atomic E-state index is -0.442. The van der Waals surface area contributed by atoms with Crippen LogP contribution in [0.3, 0.4) is 0 Å². The fourth-order valence-corrected chi connectivity index (χ4v) is 3.65. The Labute approximate surface area is 168 Å². The van der Waals surface area contributed by atoms with Gasteiger partial charge in [0.1, 0.15) is 6.54 Å². The third-order valence-corrected chi connectivity index (χ3v) is 5.40. The maximum atomic E-state index is 12.6. The smallest absolute Gasteiger partial charge is 0.294 e. The fraction of sp³-hybridized carbons (Fsp3) is 0.227. The number of imide groups is 1. The second-order valence-electron chi connectivity index (χ2n) is 6.95. The van der Waals surface area contributed by atoms with E-state index in [-0.39, 0.29) is 6.54 Å². The summed E-state index contributed by atoms with van der Waals surface area (Å²) in [4.78, 5) is 38.4. The molecule has 1 fully saturated rings. The van der Waals surface area contributed by atoms with Gasteiger partial charge in [-0.2, -0.15) is 0 Å². The summed E-state index contributed by atoms with van der Waals surface area (Å²) in [6.45, 7) is 5.80. The molecular weight excluding hydrogens is 372 g/mol. The Hall–Kier alpha value is -2.86. The highest BCUT2D eigenvalue weighted by atomic mass is 32.2. The Balaban J connectivity index is 1.69.